The minimum absolute atomic E-state index is 0.175. The van der Waals surface area contributed by atoms with E-state index in [-0.39, 0.29) is 12.0 Å². The number of sulfonamides is 1. The Kier molecular flexibility index (Phi) is 4.19. The lowest BCUT2D eigenvalue weighted by atomic mass is 10.0. The number of hydrogen-bond acceptors (Lipinski definition) is 4. The summed E-state index contributed by atoms with van der Waals surface area (Å²) in [6, 6.07) is 5.32. The molecule has 1 aromatic rings. The summed E-state index contributed by atoms with van der Waals surface area (Å²) in [5.74, 6) is 0.275. The highest BCUT2D eigenvalue weighted by Gasteiger charge is 2.28. The van der Waals surface area contributed by atoms with Gasteiger partial charge < -0.3 is 10.1 Å². The van der Waals surface area contributed by atoms with Crippen LogP contribution in [0.25, 0.3) is 0 Å². The van der Waals surface area contributed by atoms with E-state index in [1.165, 1.54) is 5.56 Å². The standard InChI is InChI=1S/C15H22N2O3S/c1-2-15-12(6-8-20-15)10-17-21(18,19)13-4-3-11-5-7-16-14(11)9-13/h3-4,9,12,15-17H,2,5-8,10H2,1H3. The lowest BCUT2D eigenvalue weighted by molar-refractivity contribution is 0.0884. The van der Waals surface area contributed by atoms with E-state index in [2.05, 4.69) is 17.0 Å². The topological polar surface area (TPSA) is 67.4 Å². The van der Waals surface area contributed by atoms with Crippen LogP contribution in [-0.4, -0.2) is 34.2 Å². The zero-order valence-electron chi connectivity index (χ0n) is 12.3. The highest BCUT2D eigenvalue weighted by atomic mass is 32.2. The summed E-state index contributed by atoms with van der Waals surface area (Å²) in [4.78, 5) is 0.336. The number of nitrogens with one attached hydrogen (secondary N) is 2. The Morgan fingerprint density at radius 3 is 3.10 bits per heavy atom. The molecule has 5 nitrogen and oxygen atoms in total. The third-order valence-corrected chi connectivity index (χ3v) is 5.81. The van der Waals surface area contributed by atoms with Crippen LogP contribution in [-0.2, 0) is 21.2 Å². The molecule has 2 atom stereocenters. The van der Waals surface area contributed by atoms with Crippen molar-refractivity contribution in [3.63, 3.8) is 0 Å². The largest absolute Gasteiger partial charge is 0.384 e. The molecule has 6 heteroatoms. The Hall–Kier alpha value is -1.11. The second-order valence-electron chi connectivity index (χ2n) is 5.71. The zero-order chi connectivity index (χ0) is 14.9. The highest BCUT2D eigenvalue weighted by Crippen LogP contribution is 2.26. The molecular formula is C15H22N2O3S. The summed E-state index contributed by atoms with van der Waals surface area (Å²) in [5, 5.41) is 3.21. The summed E-state index contributed by atoms with van der Waals surface area (Å²) >= 11 is 0. The van der Waals surface area contributed by atoms with Crippen LogP contribution in [0.4, 0.5) is 5.69 Å². The molecule has 3 rings (SSSR count). The molecule has 1 saturated heterocycles. The Labute approximate surface area is 126 Å². The molecular weight excluding hydrogens is 288 g/mol. The monoisotopic (exact) mass is 310 g/mol. The van der Waals surface area contributed by atoms with E-state index in [0.29, 0.717) is 11.4 Å². The van der Waals surface area contributed by atoms with Gasteiger partial charge in [-0.1, -0.05) is 13.0 Å². The third-order valence-electron chi connectivity index (χ3n) is 4.39. The van der Waals surface area contributed by atoms with Gasteiger partial charge in [0.25, 0.3) is 0 Å². The van der Waals surface area contributed by atoms with Crippen LogP contribution in [0.2, 0.25) is 0 Å². The molecule has 2 unspecified atom stereocenters. The highest BCUT2D eigenvalue weighted by molar-refractivity contribution is 7.89. The molecule has 2 heterocycles. The van der Waals surface area contributed by atoms with Crippen LogP contribution < -0.4 is 10.0 Å². The van der Waals surface area contributed by atoms with Crippen molar-refractivity contribution >= 4 is 15.7 Å². The minimum Gasteiger partial charge on any atom is -0.384 e. The van der Waals surface area contributed by atoms with Crippen LogP contribution in [0.5, 0.6) is 0 Å². The smallest absolute Gasteiger partial charge is 0.240 e. The number of ether oxygens (including phenoxy) is 1. The van der Waals surface area contributed by atoms with Gasteiger partial charge in [0.2, 0.25) is 10.0 Å². The van der Waals surface area contributed by atoms with E-state index in [1.807, 2.05) is 6.07 Å². The van der Waals surface area contributed by atoms with Crippen molar-refractivity contribution in [1.29, 1.82) is 0 Å². The fourth-order valence-electron chi connectivity index (χ4n) is 3.11. The molecule has 0 amide bonds. The van der Waals surface area contributed by atoms with E-state index < -0.39 is 10.0 Å². The second-order valence-corrected chi connectivity index (χ2v) is 7.48. The van der Waals surface area contributed by atoms with Gasteiger partial charge in [-0.05, 0) is 37.0 Å². The maximum Gasteiger partial charge on any atom is 0.240 e. The number of rotatable bonds is 5. The summed E-state index contributed by atoms with van der Waals surface area (Å²) in [7, 11) is -3.45. The van der Waals surface area contributed by atoms with E-state index >= 15 is 0 Å². The average Bonchev–Trinajstić information content (AvgIpc) is 3.12. The normalized spacial score (nSPS) is 24.8. The number of anilines is 1. The number of benzene rings is 1. The first kappa shape index (κ1) is 14.8. The second kappa shape index (κ2) is 5.94. The predicted octanol–water partition coefficient (Wildman–Crippen LogP) is 1.75. The molecule has 0 bridgehead atoms. The van der Waals surface area contributed by atoms with Gasteiger partial charge in [0.05, 0.1) is 11.0 Å². The molecule has 2 N–H and O–H groups in total. The molecule has 0 aromatic heterocycles. The Morgan fingerprint density at radius 1 is 1.43 bits per heavy atom. The Balaban J connectivity index is 1.69. The maximum absolute atomic E-state index is 12.4. The molecule has 21 heavy (non-hydrogen) atoms. The third kappa shape index (κ3) is 3.07. The van der Waals surface area contributed by atoms with E-state index in [4.69, 9.17) is 4.74 Å². The van der Waals surface area contributed by atoms with Crippen molar-refractivity contribution in [3.8, 4) is 0 Å². The molecule has 2 aliphatic rings. The average molecular weight is 310 g/mol. The summed E-state index contributed by atoms with van der Waals surface area (Å²) in [6.45, 7) is 4.13. The molecule has 0 radical (unpaired) electrons. The number of hydrogen-bond donors (Lipinski definition) is 2. The predicted molar refractivity (Wildman–Crippen MR) is 82.0 cm³/mol. The fraction of sp³-hybridized carbons (Fsp3) is 0.600. The van der Waals surface area contributed by atoms with Gasteiger partial charge in [0.15, 0.2) is 0 Å². The lowest BCUT2D eigenvalue weighted by Crippen LogP contribution is -2.32. The van der Waals surface area contributed by atoms with Crippen LogP contribution >= 0.6 is 0 Å². The fourth-order valence-corrected chi connectivity index (χ4v) is 4.24. The van der Waals surface area contributed by atoms with Crippen molar-refractivity contribution in [1.82, 2.24) is 4.72 Å². The van der Waals surface area contributed by atoms with Gasteiger partial charge in [-0.2, -0.15) is 0 Å². The van der Waals surface area contributed by atoms with Gasteiger partial charge in [0, 0.05) is 31.3 Å². The molecule has 0 saturated carbocycles. The zero-order valence-corrected chi connectivity index (χ0v) is 13.1. The molecule has 1 fully saturated rings. The Morgan fingerprint density at radius 2 is 2.29 bits per heavy atom. The Bertz CT molecular complexity index is 615. The molecule has 116 valence electrons. The molecule has 2 aliphatic heterocycles. The van der Waals surface area contributed by atoms with E-state index in [1.54, 1.807) is 12.1 Å². The SMILES string of the molecule is CCC1OCCC1CNS(=O)(=O)c1ccc2c(c1)NCC2. The molecule has 0 spiro atoms. The number of fused-ring (bicyclic) bond motifs is 1. The first-order valence-corrected chi connectivity index (χ1v) is 9.06. The van der Waals surface area contributed by atoms with Gasteiger partial charge in [-0.15, -0.1) is 0 Å². The van der Waals surface area contributed by atoms with Crippen molar-refractivity contribution in [2.24, 2.45) is 5.92 Å². The first-order valence-electron chi connectivity index (χ1n) is 7.58. The van der Waals surface area contributed by atoms with E-state index in [0.717, 1.165) is 38.1 Å². The van der Waals surface area contributed by atoms with E-state index in [9.17, 15) is 8.42 Å². The lowest BCUT2D eigenvalue weighted by Gasteiger charge is -2.17. The van der Waals surface area contributed by atoms with Crippen molar-refractivity contribution < 1.29 is 13.2 Å². The van der Waals surface area contributed by atoms with Crippen molar-refractivity contribution in [3.05, 3.63) is 23.8 Å². The van der Waals surface area contributed by atoms with Crippen LogP contribution in [0.3, 0.4) is 0 Å². The molecule has 0 aliphatic carbocycles. The van der Waals surface area contributed by atoms with Crippen LogP contribution in [0.15, 0.2) is 23.1 Å². The van der Waals surface area contributed by atoms with Crippen LogP contribution in [0.1, 0.15) is 25.3 Å². The van der Waals surface area contributed by atoms with Gasteiger partial charge >= 0.3 is 0 Å². The summed E-state index contributed by atoms with van der Waals surface area (Å²) in [5.41, 5.74) is 2.12. The first-order chi connectivity index (χ1) is 10.1. The summed E-state index contributed by atoms with van der Waals surface area (Å²) < 4.78 is 33.1. The van der Waals surface area contributed by atoms with Gasteiger partial charge in [-0.25, -0.2) is 13.1 Å². The van der Waals surface area contributed by atoms with Gasteiger partial charge in [-0.3, -0.25) is 0 Å². The van der Waals surface area contributed by atoms with Crippen molar-refractivity contribution in [2.75, 3.05) is 25.0 Å². The molecule has 1 aromatic carbocycles. The quantitative estimate of drug-likeness (QED) is 0.869. The van der Waals surface area contributed by atoms with Gasteiger partial charge in [0.1, 0.15) is 0 Å². The maximum atomic E-state index is 12.4. The van der Waals surface area contributed by atoms with Crippen LogP contribution in [0, 0.1) is 5.92 Å². The summed E-state index contributed by atoms with van der Waals surface area (Å²) in [6.07, 6.45) is 2.98. The minimum atomic E-state index is -3.45. The van der Waals surface area contributed by atoms with Crippen molar-refractivity contribution in [2.45, 2.75) is 37.2 Å².